The van der Waals surface area contributed by atoms with Gasteiger partial charge in [0.25, 0.3) is 5.69 Å². The van der Waals surface area contributed by atoms with Gasteiger partial charge in [0.2, 0.25) is 15.7 Å². The zero-order chi connectivity index (χ0) is 21.7. The summed E-state index contributed by atoms with van der Waals surface area (Å²) in [6.45, 7) is -0.313. The molecule has 0 aliphatic rings. The van der Waals surface area contributed by atoms with E-state index in [-0.39, 0.29) is 22.0 Å². The fourth-order valence-electron chi connectivity index (χ4n) is 2.63. The number of halogens is 1. The molecule has 1 amide bonds. The fraction of sp³-hybridized carbons (Fsp3) is 0.0500. The Morgan fingerprint density at radius 1 is 1.00 bits per heavy atom. The summed E-state index contributed by atoms with van der Waals surface area (Å²) in [5.41, 5.74) is 0.00793. The number of amides is 1. The highest BCUT2D eigenvalue weighted by Gasteiger charge is 2.24. The molecule has 0 saturated carbocycles. The minimum absolute atomic E-state index is 0.0377. The number of rotatable bonds is 7. The molecule has 3 aromatic carbocycles. The van der Waals surface area contributed by atoms with Crippen molar-refractivity contribution in [2.45, 2.75) is 9.79 Å². The molecule has 30 heavy (non-hydrogen) atoms. The lowest BCUT2D eigenvalue weighted by atomic mass is 10.2. The van der Waals surface area contributed by atoms with Crippen molar-refractivity contribution in [1.29, 1.82) is 0 Å². The standard InChI is InChI=1S/C20H16FN3O5S/c21-14-6-8-15(9-7-14)23-20(25)13-22-18-11-10-16(24(26)27)12-19(18)30(28,29)17-4-2-1-3-5-17/h1-12,22H,13H2,(H,23,25). The van der Waals surface area contributed by atoms with E-state index in [2.05, 4.69) is 10.6 Å². The highest BCUT2D eigenvalue weighted by molar-refractivity contribution is 7.91. The molecule has 0 unspecified atom stereocenters. The van der Waals surface area contributed by atoms with Gasteiger partial charge in [0.15, 0.2) is 0 Å². The van der Waals surface area contributed by atoms with Gasteiger partial charge in [-0.3, -0.25) is 14.9 Å². The first-order valence-corrected chi connectivity index (χ1v) is 10.1. The van der Waals surface area contributed by atoms with E-state index in [0.717, 1.165) is 12.1 Å². The van der Waals surface area contributed by atoms with Crippen LogP contribution in [0.3, 0.4) is 0 Å². The molecule has 154 valence electrons. The van der Waals surface area contributed by atoms with Crippen molar-refractivity contribution >= 4 is 32.8 Å². The maximum Gasteiger partial charge on any atom is 0.270 e. The first-order valence-electron chi connectivity index (χ1n) is 8.65. The lowest BCUT2D eigenvalue weighted by Crippen LogP contribution is -2.22. The van der Waals surface area contributed by atoms with E-state index in [4.69, 9.17) is 0 Å². The van der Waals surface area contributed by atoms with Crippen LogP contribution in [-0.4, -0.2) is 25.8 Å². The Bertz CT molecular complexity index is 1180. The van der Waals surface area contributed by atoms with Crippen molar-refractivity contribution in [3.05, 3.63) is 88.7 Å². The molecule has 0 radical (unpaired) electrons. The summed E-state index contributed by atoms with van der Waals surface area (Å²) < 4.78 is 38.9. The summed E-state index contributed by atoms with van der Waals surface area (Å²) >= 11 is 0. The van der Waals surface area contributed by atoms with Crippen molar-refractivity contribution < 1.29 is 22.5 Å². The monoisotopic (exact) mass is 429 g/mol. The third-order valence-electron chi connectivity index (χ3n) is 4.09. The Balaban J connectivity index is 1.86. The first-order chi connectivity index (χ1) is 14.3. The minimum Gasteiger partial charge on any atom is -0.375 e. The summed E-state index contributed by atoms with van der Waals surface area (Å²) in [5.74, 6) is -0.962. The molecule has 2 N–H and O–H groups in total. The summed E-state index contributed by atoms with van der Waals surface area (Å²) in [6.07, 6.45) is 0. The van der Waals surface area contributed by atoms with Gasteiger partial charge in [0, 0.05) is 17.8 Å². The van der Waals surface area contributed by atoms with Gasteiger partial charge in [-0.2, -0.15) is 0 Å². The number of nitrogens with one attached hydrogen (secondary N) is 2. The van der Waals surface area contributed by atoms with Crippen LogP contribution in [0.15, 0.2) is 82.6 Å². The van der Waals surface area contributed by atoms with Gasteiger partial charge in [-0.15, -0.1) is 0 Å². The van der Waals surface area contributed by atoms with Crippen LogP contribution in [-0.2, 0) is 14.6 Å². The SMILES string of the molecule is O=C(CNc1ccc([N+](=O)[O-])cc1S(=O)(=O)c1ccccc1)Nc1ccc(F)cc1. The Morgan fingerprint density at radius 2 is 1.67 bits per heavy atom. The second kappa shape index (κ2) is 8.70. The molecule has 0 aromatic heterocycles. The molecular weight excluding hydrogens is 413 g/mol. The quantitative estimate of drug-likeness (QED) is 0.437. The van der Waals surface area contributed by atoms with E-state index in [0.29, 0.717) is 5.69 Å². The lowest BCUT2D eigenvalue weighted by molar-refractivity contribution is -0.385. The number of carbonyl (C=O) groups excluding carboxylic acids is 1. The van der Waals surface area contributed by atoms with E-state index >= 15 is 0 Å². The number of nitro benzene ring substituents is 1. The van der Waals surface area contributed by atoms with E-state index in [1.807, 2.05) is 0 Å². The predicted molar refractivity (Wildman–Crippen MR) is 109 cm³/mol. The summed E-state index contributed by atoms with van der Waals surface area (Å²) in [6, 6.07) is 15.9. The number of non-ortho nitro benzene ring substituents is 1. The van der Waals surface area contributed by atoms with E-state index in [1.165, 1.54) is 54.6 Å². The molecule has 0 heterocycles. The fourth-order valence-corrected chi connectivity index (χ4v) is 4.11. The summed E-state index contributed by atoms with van der Waals surface area (Å²) in [7, 11) is -4.08. The van der Waals surface area contributed by atoms with Gasteiger partial charge in [0.05, 0.1) is 22.1 Å². The molecule has 0 aliphatic carbocycles. The van der Waals surface area contributed by atoms with Gasteiger partial charge < -0.3 is 10.6 Å². The second-order valence-electron chi connectivity index (χ2n) is 6.16. The van der Waals surface area contributed by atoms with E-state index in [1.54, 1.807) is 6.07 Å². The number of hydrogen-bond donors (Lipinski definition) is 2. The van der Waals surface area contributed by atoms with Gasteiger partial charge in [0.1, 0.15) is 10.7 Å². The van der Waals surface area contributed by atoms with Gasteiger partial charge in [-0.25, -0.2) is 12.8 Å². The Labute approximate surface area is 171 Å². The molecule has 0 spiro atoms. The number of benzene rings is 3. The predicted octanol–water partition coefficient (Wildman–Crippen LogP) is 3.62. The highest BCUT2D eigenvalue weighted by Crippen LogP contribution is 2.31. The average molecular weight is 429 g/mol. The van der Waals surface area contributed by atoms with Crippen LogP contribution >= 0.6 is 0 Å². The maximum absolute atomic E-state index is 13.0. The summed E-state index contributed by atoms with van der Waals surface area (Å²) in [5, 5.41) is 16.4. The first kappa shape index (κ1) is 20.9. The molecule has 8 nitrogen and oxygen atoms in total. The number of nitro groups is 1. The largest absolute Gasteiger partial charge is 0.375 e. The van der Waals surface area contributed by atoms with Crippen LogP contribution in [0.2, 0.25) is 0 Å². The average Bonchev–Trinajstić information content (AvgIpc) is 2.74. The molecule has 10 heteroatoms. The molecule has 0 bridgehead atoms. The zero-order valence-electron chi connectivity index (χ0n) is 15.4. The lowest BCUT2D eigenvalue weighted by Gasteiger charge is -2.13. The van der Waals surface area contributed by atoms with Crippen LogP contribution in [0.25, 0.3) is 0 Å². The van der Waals surface area contributed by atoms with Crippen molar-refractivity contribution in [1.82, 2.24) is 0 Å². The number of anilines is 2. The van der Waals surface area contributed by atoms with Crippen LogP contribution in [0.4, 0.5) is 21.5 Å². The van der Waals surface area contributed by atoms with Crippen LogP contribution in [0.1, 0.15) is 0 Å². The highest BCUT2D eigenvalue weighted by atomic mass is 32.2. The zero-order valence-corrected chi connectivity index (χ0v) is 16.2. The third kappa shape index (κ3) is 4.78. The van der Waals surface area contributed by atoms with Crippen LogP contribution in [0, 0.1) is 15.9 Å². The Kier molecular flexibility index (Phi) is 6.07. The van der Waals surface area contributed by atoms with Crippen molar-refractivity contribution in [3.63, 3.8) is 0 Å². The Hall–Kier alpha value is -3.79. The van der Waals surface area contributed by atoms with Crippen molar-refractivity contribution in [2.75, 3.05) is 17.2 Å². The molecule has 0 atom stereocenters. The smallest absolute Gasteiger partial charge is 0.270 e. The normalized spacial score (nSPS) is 11.0. The summed E-state index contributed by atoms with van der Waals surface area (Å²) in [4.78, 5) is 22.2. The molecular formula is C20H16FN3O5S. The molecule has 0 saturated heterocycles. The van der Waals surface area contributed by atoms with Gasteiger partial charge >= 0.3 is 0 Å². The topological polar surface area (TPSA) is 118 Å². The molecule has 3 rings (SSSR count). The number of hydrogen-bond acceptors (Lipinski definition) is 6. The van der Waals surface area contributed by atoms with Crippen LogP contribution < -0.4 is 10.6 Å². The molecule has 3 aromatic rings. The Morgan fingerprint density at radius 3 is 2.30 bits per heavy atom. The maximum atomic E-state index is 13.0. The number of sulfone groups is 1. The van der Waals surface area contributed by atoms with E-state index < -0.39 is 32.2 Å². The van der Waals surface area contributed by atoms with Crippen LogP contribution in [0.5, 0.6) is 0 Å². The second-order valence-corrected chi connectivity index (χ2v) is 8.08. The third-order valence-corrected chi connectivity index (χ3v) is 5.90. The number of carbonyl (C=O) groups is 1. The molecule has 0 fully saturated rings. The molecule has 0 aliphatic heterocycles. The number of nitrogens with zero attached hydrogens (tertiary/aromatic N) is 1. The van der Waals surface area contributed by atoms with Gasteiger partial charge in [-0.1, -0.05) is 18.2 Å². The minimum atomic E-state index is -4.08. The van der Waals surface area contributed by atoms with Crippen molar-refractivity contribution in [3.8, 4) is 0 Å². The van der Waals surface area contributed by atoms with Crippen molar-refractivity contribution in [2.24, 2.45) is 0 Å². The van der Waals surface area contributed by atoms with E-state index in [9.17, 15) is 27.7 Å². The van der Waals surface area contributed by atoms with Gasteiger partial charge in [-0.05, 0) is 42.5 Å².